The summed E-state index contributed by atoms with van der Waals surface area (Å²) in [5.74, 6) is -1.19. The first-order valence-corrected chi connectivity index (χ1v) is 12.5. The highest BCUT2D eigenvalue weighted by atomic mass is 35.5. The second-order valence-corrected chi connectivity index (χ2v) is 10.5. The number of hydrogen-bond acceptors (Lipinski definition) is 5. The van der Waals surface area contributed by atoms with Gasteiger partial charge in [0.2, 0.25) is 0 Å². The number of aromatic nitrogens is 2. The maximum atomic E-state index is 14.1. The Balaban J connectivity index is 2.05. The van der Waals surface area contributed by atoms with Crippen LogP contribution in [0.2, 0.25) is 5.02 Å². The molecular weight excluding hydrogens is 488 g/mol. The fourth-order valence-electron chi connectivity index (χ4n) is 4.86. The van der Waals surface area contributed by atoms with Crippen LogP contribution >= 0.6 is 11.6 Å². The van der Waals surface area contributed by atoms with E-state index in [1.165, 1.54) is 6.92 Å². The van der Waals surface area contributed by atoms with E-state index in [-0.39, 0.29) is 37.2 Å². The van der Waals surface area contributed by atoms with Crippen molar-refractivity contribution in [3.8, 4) is 0 Å². The molecular formula is C25H35ClN4O6. The molecule has 198 valence electrons. The molecule has 1 aromatic heterocycles. The van der Waals surface area contributed by atoms with Crippen LogP contribution in [0.3, 0.4) is 0 Å². The smallest absolute Gasteiger partial charge is 0.407 e. The summed E-state index contributed by atoms with van der Waals surface area (Å²) in [7, 11) is 1.64. The normalized spacial score (nSPS) is 20.2. The second-order valence-electron chi connectivity index (χ2n) is 10.1. The van der Waals surface area contributed by atoms with Gasteiger partial charge < -0.3 is 29.3 Å². The molecule has 0 bridgehead atoms. The van der Waals surface area contributed by atoms with Crippen LogP contribution < -0.4 is 0 Å². The van der Waals surface area contributed by atoms with E-state index < -0.39 is 23.5 Å². The Hall–Kier alpha value is -2.85. The average Bonchev–Trinajstić information content (AvgIpc) is 3.19. The number of aliphatic carboxylic acids is 1. The third-order valence-corrected chi connectivity index (χ3v) is 6.90. The van der Waals surface area contributed by atoms with E-state index in [2.05, 4.69) is 4.98 Å². The maximum absolute atomic E-state index is 14.1. The Kier molecular flexibility index (Phi) is 8.84. The van der Waals surface area contributed by atoms with Gasteiger partial charge in [-0.05, 0) is 44.2 Å². The van der Waals surface area contributed by atoms with Crippen molar-refractivity contribution in [3.63, 3.8) is 0 Å². The van der Waals surface area contributed by atoms with E-state index in [0.29, 0.717) is 35.8 Å². The molecule has 0 aliphatic carbocycles. The van der Waals surface area contributed by atoms with Gasteiger partial charge in [0.15, 0.2) is 5.82 Å². The molecule has 0 unspecified atom stereocenters. The number of carboxylic acids is 1. The van der Waals surface area contributed by atoms with Crippen molar-refractivity contribution in [1.82, 2.24) is 19.4 Å². The van der Waals surface area contributed by atoms with Gasteiger partial charge in [0.05, 0.1) is 27.5 Å². The number of nitrogens with zero attached hydrogens (tertiary/aromatic N) is 4. The number of para-hydroxylation sites is 1. The Bertz CT molecular complexity index is 1120. The van der Waals surface area contributed by atoms with Gasteiger partial charge in [-0.3, -0.25) is 9.59 Å². The van der Waals surface area contributed by atoms with Crippen LogP contribution in [-0.2, 0) is 16.1 Å². The van der Waals surface area contributed by atoms with Crippen molar-refractivity contribution in [2.75, 3.05) is 33.4 Å². The van der Waals surface area contributed by atoms with Crippen molar-refractivity contribution >= 4 is 40.6 Å². The predicted octanol–water partition coefficient (Wildman–Crippen LogP) is 4.06. The number of hydrogen-bond donors (Lipinski definition) is 2. The van der Waals surface area contributed by atoms with Gasteiger partial charge in [-0.2, -0.15) is 0 Å². The molecule has 0 saturated carbocycles. The van der Waals surface area contributed by atoms with E-state index in [9.17, 15) is 24.6 Å². The maximum Gasteiger partial charge on any atom is 0.407 e. The Labute approximate surface area is 215 Å². The highest BCUT2D eigenvalue weighted by Crippen LogP contribution is 2.34. The van der Waals surface area contributed by atoms with E-state index >= 15 is 0 Å². The van der Waals surface area contributed by atoms with E-state index in [4.69, 9.17) is 16.3 Å². The molecule has 11 heteroatoms. The van der Waals surface area contributed by atoms with Crippen molar-refractivity contribution < 1.29 is 29.3 Å². The van der Waals surface area contributed by atoms with Crippen molar-refractivity contribution in [2.45, 2.75) is 52.6 Å². The largest absolute Gasteiger partial charge is 0.481 e. The summed E-state index contributed by atoms with van der Waals surface area (Å²) < 4.78 is 6.97. The molecule has 2 N–H and O–H groups in total. The minimum Gasteiger partial charge on any atom is -0.481 e. The lowest BCUT2D eigenvalue weighted by Gasteiger charge is -2.45. The van der Waals surface area contributed by atoms with Gasteiger partial charge in [-0.25, -0.2) is 9.78 Å². The molecule has 1 aliphatic rings. The molecule has 1 aliphatic heterocycles. The number of ether oxygens (including phenoxy) is 1. The minimum atomic E-state index is -1.32. The summed E-state index contributed by atoms with van der Waals surface area (Å²) in [5, 5.41) is 20.0. The first kappa shape index (κ1) is 27.7. The van der Waals surface area contributed by atoms with E-state index in [1.54, 1.807) is 30.2 Å². The number of rotatable bonds is 10. The van der Waals surface area contributed by atoms with Gasteiger partial charge in [-0.15, -0.1) is 0 Å². The number of carbonyl (C=O) groups is 3. The van der Waals surface area contributed by atoms with Crippen molar-refractivity contribution in [1.29, 1.82) is 0 Å². The monoisotopic (exact) mass is 522 g/mol. The summed E-state index contributed by atoms with van der Waals surface area (Å²) in [6.07, 6.45) is 0.458. The SMILES string of the molecule is COCCCCn1c(C(=O)N(CC(C)C)[C@@H]2CN(C(=O)O)C[C@](C)(C(=O)O)C2)nc2cccc(Cl)c21. The van der Waals surface area contributed by atoms with Gasteiger partial charge in [0.25, 0.3) is 5.91 Å². The first-order chi connectivity index (χ1) is 17.0. The van der Waals surface area contributed by atoms with E-state index in [0.717, 1.165) is 17.7 Å². The molecule has 2 aromatic rings. The fourth-order valence-corrected chi connectivity index (χ4v) is 5.13. The lowest BCUT2D eigenvalue weighted by molar-refractivity contribution is -0.152. The number of carbonyl (C=O) groups excluding carboxylic acids is 1. The number of carboxylic acid groups (broad SMARTS) is 2. The Morgan fingerprint density at radius 3 is 2.61 bits per heavy atom. The zero-order chi connectivity index (χ0) is 26.6. The number of imidazole rings is 1. The summed E-state index contributed by atoms with van der Waals surface area (Å²) >= 11 is 6.51. The zero-order valence-corrected chi connectivity index (χ0v) is 22.0. The number of methoxy groups -OCH3 is 1. The van der Waals surface area contributed by atoms with Crippen LogP contribution in [0.4, 0.5) is 4.79 Å². The van der Waals surface area contributed by atoms with Gasteiger partial charge in [-0.1, -0.05) is 31.5 Å². The summed E-state index contributed by atoms with van der Waals surface area (Å²) in [6.45, 7) is 6.76. The third kappa shape index (κ3) is 5.92. The highest BCUT2D eigenvalue weighted by molar-refractivity contribution is 6.35. The van der Waals surface area contributed by atoms with Crippen LogP contribution in [0.5, 0.6) is 0 Å². The van der Waals surface area contributed by atoms with Crippen LogP contribution in [-0.4, -0.2) is 86.9 Å². The fraction of sp³-hybridized carbons (Fsp3) is 0.600. The number of piperidine rings is 1. The molecule has 0 radical (unpaired) electrons. The molecule has 1 saturated heterocycles. The lowest BCUT2D eigenvalue weighted by Crippen LogP contribution is -2.59. The lowest BCUT2D eigenvalue weighted by atomic mass is 9.79. The Morgan fingerprint density at radius 1 is 1.28 bits per heavy atom. The summed E-state index contributed by atoms with van der Waals surface area (Å²) in [5.41, 5.74) is -0.0654. The molecule has 2 heterocycles. The van der Waals surface area contributed by atoms with Crippen LogP contribution in [0, 0.1) is 11.3 Å². The van der Waals surface area contributed by atoms with Gasteiger partial charge in [0.1, 0.15) is 0 Å². The van der Waals surface area contributed by atoms with Crippen LogP contribution in [0.1, 0.15) is 50.7 Å². The number of aryl methyl sites for hydroxylation is 1. The molecule has 1 aromatic carbocycles. The Morgan fingerprint density at radius 2 is 2.00 bits per heavy atom. The summed E-state index contributed by atoms with van der Waals surface area (Å²) in [6, 6.07) is 4.70. The number of fused-ring (bicyclic) bond motifs is 1. The number of unbranched alkanes of at least 4 members (excludes halogenated alkanes) is 1. The molecule has 2 amide bonds. The second kappa shape index (κ2) is 11.5. The van der Waals surface area contributed by atoms with Gasteiger partial charge >= 0.3 is 12.1 Å². The number of halogens is 1. The van der Waals surface area contributed by atoms with Crippen LogP contribution in [0.25, 0.3) is 11.0 Å². The van der Waals surface area contributed by atoms with Gasteiger partial charge in [0, 0.05) is 39.9 Å². The third-order valence-electron chi connectivity index (χ3n) is 6.60. The number of benzene rings is 1. The predicted molar refractivity (Wildman–Crippen MR) is 135 cm³/mol. The zero-order valence-electron chi connectivity index (χ0n) is 21.2. The standard InChI is InChI=1S/C25H35ClN4O6/c1-16(2)13-30(17-12-25(3,23(32)33)15-28(14-17)24(34)35)22(31)21-27-19-9-7-8-18(26)20(19)29(21)10-5-6-11-36-4/h7-9,16-17H,5-6,10-15H2,1-4H3,(H,32,33)(H,34,35)/t17-,25+/m0/s1. The molecule has 36 heavy (non-hydrogen) atoms. The molecule has 2 atom stereocenters. The van der Waals surface area contributed by atoms with Crippen LogP contribution in [0.15, 0.2) is 18.2 Å². The number of likely N-dealkylation sites (tertiary alicyclic amines) is 1. The average molecular weight is 523 g/mol. The van der Waals surface area contributed by atoms with E-state index in [1.807, 2.05) is 18.4 Å². The number of amides is 2. The quantitative estimate of drug-likeness (QED) is 0.451. The molecule has 3 rings (SSSR count). The minimum absolute atomic E-state index is 0.0332. The van der Waals surface area contributed by atoms with Crippen molar-refractivity contribution in [3.05, 3.63) is 29.0 Å². The molecule has 1 fully saturated rings. The summed E-state index contributed by atoms with van der Waals surface area (Å²) in [4.78, 5) is 45.4. The topological polar surface area (TPSA) is 125 Å². The molecule has 0 spiro atoms. The molecule has 10 nitrogen and oxygen atoms in total. The highest BCUT2D eigenvalue weighted by Gasteiger charge is 2.46. The van der Waals surface area contributed by atoms with Crippen molar-refractivity contribution in [2.24, 2.45) is 11.3 Å². The first-order valence-electron chi connectivity index (χ1n) is 12.1.